The minimum atomic E-state index is -1.37. The summed E-state index contributed by atoms with van der Waals surface area (Å²) in [4.78, 5) is 73.6. The van der Waals surface area contributed by atoms with Crippen LogP contribution in [0.4, 0.5) is 11.5 Å². The Morgan fingerprint density at radius 1 is 0.982 bits per heavy atom. The Labute approximate surface area is 329 Å². The lowest BCUT2D eigenvalue weighted by Crippen LogP contribution is -2.49. The van der Waals surface area contributed by atoms with Crippen LogP contribution in [0.2, 0.25) is 5.02 Å². The van der Waals surface area contributed by atoms with E-state index >= 15 is 4.79 Å². The lowest BCUT2D eigenvalue weighted by molar-refractivity contribution is -0.131. The number of thiophene rings is 1. The number of carbonyl (C=O) groups is 5. The van der Waals surface area contributed by atoms with Crippen molar-refractivity contribution in [1.82, 2.24) is 9.78 Å². The number of allylic oxidation sites excluding steroid dienone is 2. The van der Waals surface area contributed by atoms with E-state index in [4.69, 9.17) is 21.4 Å². The first kappa shape index (κ1) is 35.9. The van der Waals surface area contributed by atoms with Gasteiger partial charge in [0.1, 0.15) is 23.0 Å². The number of aromatic hydroxyl groups is 1. The zero-order valence-corrected chi connectivity index (χ0v) is 32.2. The molecule has 3 fully saturated rings. The smallest absolute Gasteiger partial charge is 0.335 e. The summed E-state index contributed by atoms with van der Waals surface area (Å²) in [5.41, 5.74) is 1.60. The number of carboxylic acid groups (broad SMARTS) is 1. The number of aromatic carboxylic acids is 1. The van der Waals surface area contributed by atoms with E-state index in [2.05, 4.69) is 0 Å². The number of methoxy groups -OCH3 is 1. The third kappa shape index (κ3) is 4.96. The van der Waals surface area contributed by atoms with Gasteiger partial charge in [-0.15, -0.1) is 11.3 Å². The van der Waals surface area contributed by atoms with Gasteiger partial charge in [0, 0.05) is 40.4 Å². The van der Waals surface area contributed by atoms with Crippen molar-refractivity contribution in [3.8, 4) is 22.1 Å². The number of benzene rings is 3. The summed E-state index contributed by atoms with van der Waals surface area (Å²) in [7, 11) is 3.15. The van der Waals surface area contributed by atoms with Gasteiger partial charge in [-0.2, -0.15) is 5.10 Å². The van der Waals surface area contributed by atoms with Gasteiger partial charge in [0.25, 0.3) is 0 Å². The Morgan fingerprint density at radius 2 is 1.77 bits per heavy atom. The highest BCUT2D eigenvalue weighted by atomic mass is 35.5. The summed E-state index contributed by atoms with van der Waals surface area (Å²) >= 11 is 7.85. The number of hydrogen-bond donors (Lipinski definition) is 2. The van der Waals surface area contributed by atoms with Gasteiger partial charge in [0.05, 0.1) is 46.4 Å². The maximum atomic E-state index is 15.2. The number of carboxylic acids is 1. The van der Waals surface area contributed by atoms with Crippen LogP contribution < -0.4 is 14.5 Å². The fourth-order valence-electron chi connectivity index (χ4n) is 9.76. The molecule has 4 heterocycles. The van der Waals surface area contributed by atoms with Gasteiger partial charge < -0.3 is 14.9 Å². The summed E-state index contributed by atoms with van der Waals surface area (Å²) in [5.74, 6) is -6.39. The second kappa shape index (κ2) is 12.6. The van der Waals surface area contributed by atoms with E-state index in [9.17, 15) is 29.4 Å². The van der Waals surface area contributed by atoms with Crippen molar-refractivity contribution in [3.63, 3.8) is 0 Å². The summed E-state index contributed by atoms with van der Waals surface area (Å²) < 4.78 is 8.33. The fraction of sp³-hybridized carbons (Fsp3) is 0.286. The molecule has 2 aliphatic carbocycles. The molecule has 2 aliphatic heterocycles. The van der Waals surface area contributed by atoms with E-state index in [1.54, 1.807) is 37.4 Å². The fourth-order valence-corrected chi connectivity index (χ4v) is 11.1. The second-order valence-electron chi connectivity index (χ2n) is 15.2. The lowest BCUT2D eigenvalue weighted by atomic mass is 9.51. The van der Waals surface area contributed by atoms with Gasteiger partial charge in [0.2, 0.25) is 23.6 Å². The van der Waals surface area contributed by atoms with Crippen LogP contribution in [-0.4, -0.2) is 56.7 Å². The molecule has 0 bridgehead atoms. The number of nitrogens with zero attached hydrogens (tertiary/aromatic N) is 4. The highest BCUT2D eigenvalue weighted by Gasteiger charge is 2.68. The third-order valence-electron chi connectivity index (χ3n) is 12.4. The van der Waals surface area contributed by atoms with Gasteiger partial charge in [-0.1, -0.05) is 35.4 Å². The molecular formula is C42H35ClN4O8S. The molecule has 0 spiro atoms. The number of ether oxygens (including phenoxy) is 1. The number of rotatable bonds is 6. The molecule has 3 aromatic carbocycles. The number of imide groups is 2. The van der Waals surface area contributed by atoms with Crippen LogP contribution in [-0.2, 0) is 26.2 Å². The molecule has 4 aliphatic rings. The highest BCUT2D eigenvalue weighted by molar-refractivity contribution is 7.22. The second-order valence-corrected chi connectivity index (χ2v) is 16.7. The molecule has 6 atom stereocenters. The van der Waals surface area contributed by atoms with Crippen LogP contribution in [0.25, 0.3) is 20.7 Å². The molecule has 14 heteroatoms. The van der Waals surface area contributed by atoms with Crippen molar-refractivity contribution in [2.24, 2.45) is 36.1 Å². The van der Waals surface area contributed by atoms with Gasteiger partial charge in [-0.3, -0.25) is 28.8 Å². The van der Waals surface area contributed by atoms with Crippen molar-refractivity contribution < 1.29 is 38.9 Å². The van der Waals surface area contributed by atoms with Crippen LogP contribution in [0.3, 0.4) is 0 Å². The first-order chi connectivity index (χ1) is 26.7. The van der Waals surface area contributed by atoms with Crippen LogP contribution in [0, 0.1) is 36.0 Å². The van der Waals surface area contributed by atoms with Crippen LogP contribution in [0.15, 0.2) is 78.4 Å². The molecule has 56 heavy (non-hydrogen) atoms. The lowest BCUT2D eigenvalue weighted by Gasteiger charge is -2.49. The molecule has 12 nitrogen and oxygen atoms in total. The zero-order valence-electron chi connectivity index (χ0n) is 30.6. The average Bonchev–Trinajstić information content (AvgIpc) is 3.85. The van der Waals surface area contributed by atoms with Gasteiger partial charge in [-0.25, -0.2) is 9.69 Å². The maximum absolute atomic E-state index is 15.2. The SMILES string of the molecule is COc1cc(O)ccc1[C@H]1C2=CC[C@@H]3C(=O)N(c4cccc(C(=O)O)c4)C(=O)[C@@H]3[C@@H]2C[C@H]2C(=O)N(c3cc(-c4sc5ccc(Cl)cc5c4C)nn3C)C(=O)[C@@]12C. The number of amides is 4. The number of carbonyl (C=O) groups excluding carboxylic acids is 4. The van der Waals surface area contributed by atoms with Crippen LogP contribution in [0.1, 0.15) is 47.2 Å². The van der Waals surface area contributed by atoms with E-state index < -0.39 is 64.6 Å². The Balaban J connectivity index is 1.16. The van der Waals surface area contributed by atoms with Crippen molar-refractivity contribution in [2.75, 3.05) is 16.9 Å². The largest absolute Gasteiger partial charge is 0.508 e. The number of fused-ring (bicyclic) bond motifs is 5. The maximum Gasteiger partial charge on any atom is 0.335 e. The molecule has 5 aromatic rings. The first-order valence-corrected chi connectivity index (χ1v) is 19.3. The predicted octanol–water partition coefficient (Wildman–Crippen LogP) is 7.11. The number of anilines is 2. The van der Waals surface area contributed by atoms with Crippen molar-refractivity contribution >= 4 is 74.1 Å². The Hall–Kier alpha value is -5.79. The molecule has 284 valence electrons. The van der Waals surface area contributed by atoms with Crippen LogP contribution >= 0.6 is 22.9 Å². The monoisotopic (exact) mass is 790 g/mol. The molecule has 2 N–H and O–H groups in total. The molecule has 2 aromatic heterocycles. The highest BCUT2D eigenvalue weighted by Crippen LogP contribution is 2.64. The summed E-state index contributed by atoms with van der Waals surface area (Å²) in [5, 5.41) is 26.5. The van der Waals surface area contributed by atoms with Gasteiger partial charge in [-0.05, 0) is 86.0 Å². The van der Waals surface area contributed by atoms with E-state index in [1.165, 1.54) is 53.1 Å². The summed E-state index contributed by atoms with van der Waals surface area (Å²) in [6, 6.07) is 17.8. The molecular weight excluding hydrogens is 756 g/mol. The number of hydrogen-bond acceptors (Lipinski definition) is 9. The molecule has 9 rings (SSSR count). The van der Waals surface area contributed by atoms with Crippen LogP contribution in [0.5, 0.6) is 11.5 Å². The number of aryl methyl sites for hydroxylation is 2. The van der Waals surface area contributed by atoms with Crippen molar-refractivity contribution in [2.45, 2.75) is 32.6 Å². The van der Waals surface area contributed by atoms with E-state index in [0.717, 1.165) is 31.0 Å². The Kier molecular flexibility index (Phi) is 8.08. The van der Waals surface area contributed by atoms with Gasteiger partial charge >= 0.3 is 5.97 Å². The number of phenolic OH excluding ortho intramolecular Hbond substituents is 1. The predicted molar refractivity (Wildman–Crippen MR) is 209 cm³/mol. The summed E-state index contributed by atoms with van der Waals surface area (Å²) in [6.07, 6.45) is 2.24. The standard InChI is InChI=1S/C42H35ClN4O8S/c1-19-27-15-21(43)8-13-32(27)56-36(19)30-18-33(45(3)44-30)47-38(50)29-17-28-24(35(42(29,2)41(47)54)25-10-9-23(48)16-31(25)55-4)11-12-26-34(28)39(51)46(37(26)49)22-7-5-6-20(14-22)40(52)53/h5-11,13-16,18,26,28-29,34-35,48H,12,17H2,1-4H3,(H,52,53)/t26-,28+,29-,34-,35+,42+/m0/s1. The minimum Gasteiger partial charge on any atom is -0.508 e. The normalized spacial score (nSPS) is 25.7. The average molecular weight is 791 g/mol. The Bertz CT molecular complexity index is 2630. The number of phenols is 1. The number of halogens is 1. The van der Waals surface area contributed by atoms with E-state index in [-0.39, 0.29) is 29.8 Å². The van der Waals surface area contributed by atoms with E-state index in [1.807, 2.05) is 31.2 Å². The zero-order chi connectivity index (χ0) is 39.5. The number of aromatic nitrogens is 2. The quantitative estimate of drug-likeness (QED) is 0.135. The topological polar surface area (TPSA) is 159 Å². The third-order valence-corrected chi connectivity index (χ3v) is 13.9. The molecule has 1 saturated carbocycles. The van der Waals surface area contributed by atoms with Crippen molar-refractivity contribution in [3.05, 3.63) is 100 Å². The first-order valence-electron chi connectivity index (χ1n) is 18.1. The molecule has 4 amide bonds. The minimum absolute atomic E-state index is 0.0511. The van der Waals surface area contributed by atoms with E-state index in [0.29, 0.717) is 27.8 Å². The van der Waals surface area contributed by atoms with Crippen molar-refractivity contribution in [1.29, 1.82) is 0 Å². The molecule has 0 radical (unpaired) electrons. The Morgan fingerprint density at radius 3 is 2.52 bits per heavy atom. The molecule has 0 unspecified atom stereocenters. The van der Waals surface area contributed by atoms with Gasteiger partial charge in [0.15, 0.2) is 0 Å². The summed E-state index contributed by atoms with van der Waals surface area (Å²) in [6.45, 7) is 3.76. The molecule has 2 saturated heterocycles.